The van der Waals surface area contributed by atoms with Crippen molar-refractivity contribution in [3.63, 3.8) is 0 Å². The van der Waals surface area contributed by atoms with Gasteiger partial charge in [-0.3, -0.25) is 4.90 Å². The second kappa shape index (κ2) is 6.69. The zero-order chi connectivity index (χ0) is 13.8. The molecule has 2 unspecified atom stereocenters. The van der Waals surface area contributed by atoms with Crippen molar-refractivity contribution in [1.82, 2.24) is 10.2 Å². The van der Waals surface area contributed by atoms with E-state index in [2.05, 4.69) is 24.2 Å². The molecule has 1 aromatic rings. The van der Waals surface area contributed by atoms with Gasteiger partial charge in [0.05, 0.1) is 5.02 Å². The van der Waals surface area contributed by atoms with Crippen LogP contribution in [0.1, 0.15) is 31.4 Å². The first-order valence-corrected chi connectivity index (χ1v) is 7.37. The van der Waals surface area contributed by atoms with Crippen molar-refractivity contribution in [3.8, 4) is 0 Å². The van der Waals surface area contributed by atoms with E-state index in [0.717, 1.165) is 25.2 Å². The van der Waals surface area contributed by atoms with Crippen LogP contribution in [0.2, 0.25) is 5.02 Å². The van der Waals surface area contributed by atoms with Crippen molar-refractivity contribution in [3.05, 3.63) is 34.6 Å². The second-order valence-electron chi connectivity index (χ2n) is 5.31. The Morgan fingerprint density at radius 2 is 2.26 bits per heavy atom. The summed E-state index contributed by atoms with van der Waals surface area (Å²) in [6, 6.07) is 5.45. The van der Waals surface area contributed by atoms with Gasteiger partial charge in [0.1, 0.15) is 5.82 Å². The van der Waals surface area contributed by atoms with Crippen LogP contribution in [0, 0.1) is 11.7 Å². The van der Waals surface area contributed by atoms with Gasteiger partial charge >= 0.3 is 0 Å². The van der Waals surface area contributed by atoms with E-state index in [1.54, 1.807) is 6.07 Å². The fourth-order valence-corrected chi connectivity index (χ4v) is 3.22. The number of hydrogen-bond donors (Lipinski definition) is 1. The molecule has 0 spiro atoms. The van der Waals surface area contributed by atoms with Gasteiger partial charge in [0, 0.05) is 6.04 Å². The third kappa shape index (κ3) is 3.47. The fourth-order valence-electron chi connectivity index (χ4n) is 3.03. The monoisotopic (exact) mass is 284 g/mol. The van der Waals surface area contributed by atoms with Crippen molar-refractivity contribution < 1.29 is 4.39 Å². The molecule has 106 valence electrons. The highest BCUT2D eigenvalue weighted by Gasteiger charge is 2.30. The Kier molecular flexibility index (Phi) is 5.20. The molecule has 1 N–H and O–H groups in total. The summed E-state index contributed by atoms with van der Waals surface area (Å²) in [7, 11) is 2.14. The van der Waals surface area contributed by atoms with Crippen LogP contribution < -0.4 is 5.32 Å². The molecule has 0 aromatic heterocycles. The van der Waals surface area contributed by atoms with Crippen molar-refractivity contribution in [2.75, 3.05) is 26.7 Å². The Bertz CT molecular complexity index is 425. The first-order chi connectivity index (χ1) is 9.13. The molecule has 1 aromatic carbocycles. The Labute approximate surface area is 119 Å². The van der Waals surface area contributed by atoms with E-state index < -0.39 is 0 Å². The van der Waals surface area contributed by atoms with E-state index >= 15 is 0 Å². The van der Waals surface area contributed by atoms with E-state index in [0.29, 0.717) is 12.0 Å². The summed E-state index contributed by atoms with van der Waals surface area (Å²) in [6.45, 7) is 5.19. The van der Waals surface area contributed by atoms with Crippen molar-refractivity contribution >= 4 is 11.6 Å². The first kappa shape index (κ1) is 14.8. The molecule has 1 saturated heterocycles. The predicted octanol–water partition coefficient (Wildman–Crippen LogP) is 3.47. The van der Waals surface area contributed by atoms with Crippen LogP contribution in [-0.4, -0.2) is 31.6 Å². The lowest BCUT2D eigenvalue weighted by atomic mass is 9.85. The zero-order valence-corrected chi connectivity index (χ0v) is 12.4. The average molecular weight is 285 g/mol. The molecule has 1 aliphatic heterocycles. The van der Waals surface area contributed by atoms with Gasteiger partial charge < -0.3 is 5.32 Å². The molecule has 2 rings (SSSR count). The minimum Gasteiger partial charge on any atom is -0.317 e. The Hall–Kier alpha value is -0.640. The maximum atomic E-state index is 13.3. The maximum absolute atomic E-state index is 13.3. The quantitative estimate of drug-likeness (QED) is 0.911. The standard InChI is InChI=1S/C15H22ClFN2/c1-3-18-10-12-5-4-8-19(2)15(12)11-6-7-14(17)13(16)9-11/h6-7,9,12,15,18H,3-5,8,10H2,1-2H3. The lowest BCUT2D eigenvalue weighted by Gasteiger charge is -2.39. The molecule has 4 heteroatoms. The molecule has 0 radical (unpaired) electrons. The number of halogens is 2. The van der Waals surface area contributed by atoms with Crippen LogP contribution >= 0.6 is 11.6 Å². The highest BCUT2D eigenvalue weighted by Crippen LogP contribution is 2.35. The van der Waals surface area contributed by atoms with E-state index in [9.17, 15) is 4.39 Å². The molecule has 1 heterocycles. The summed E-state index contributed by atoms with van der Waals surface area (Å²) in [5.74, 6) is 0.215. The number of benzene rings is 1. The van der Waals surface area contributed by atoms with Crippen molar-refractivity contribution in [1.29, 1.82) is 0 Å². The van der Waals surface area contributed by atoms with Gasteiger partial charge in [-0.2, -0.15) is 0 Å². The fraction of sp³-hybridized carbons (Fsp3) is 0.600. The number of nitrogens with zero attached hydrogens (tertiary/aromatic N) is 1. The predicted molar refractivity (Wildman–Crippen MR) is 78.0 cm³/mol. The molecular weight excluding hydrogens is 263 g/mol. The lowest BCUT2D eigenvalue weighted by molar-refractivity contribution is 0.120. The minimum absolute atomic E-state index is 0.221. The van der Waals surface area contributed by atoms with Crippen LogP contribution in [0.25, 0.3) is 0 Å². The van der Waals surface area contributed by atoms with E-state index in [4.69, 9.17) is 11.6 Å². The maximum Gasteiger partial charge on any atom is 0.141 e. The first-order valence-electron chi connectivity index (χ1n) is 6.99. The minimum atomic E-state index is -0.341. The van der Waals surface area contributed by atoms with Gasteiger partial charge in [0.2, 0.25) is 0 Å². The summed E-state index contributed by atoms with van der Waals surface area (Å²) >= 11 is 5.92. The van der Waals surface area contributed by atoms with Gasteiger partial charge in [0.25, 0.3) is 0 Å². The van der Waals surface area contributed by atoms with Gasteiger partial charge in [-0.15, -0.1) is 0 Å². The summed E-state index contributed by atoms with van der Waals surface area (Å²) in [4.78, 5) is 2.36. The Balaban J connectivity index is 2.22. The van der Waals surface area contributed by atoms with Crippen LogP contribution in [0.4, 0.5) is 4.39 Å². The average Bonchev–Trinajstić information content (AvgIpc) is 2.40. The number of nitrogens with one attached hydrogen (secondary N) is 1. The van der Waals surface area contributed by atoms with Crippen LogP contribution in [0.3, 0.4) is 0 Å². The molecule has 0 saturated carbocycles. The summed E-state index contributed by atoms with van der Waals surface area (Å²) in [5.41, 5.74) is 1.12. The van der Waals surface area contributed by atoms with Crippen LogP contribution in [-0.2, 0) is 0 Å². The molecule has 2 nitrogen and oxygen atoms in total. The molecule has 0 aliphatic carbocycles. The van der Waals surface area contributed by atoms with E-state index in [-0.39, 0.29) is 10.8 Å². The number of rotatable bonds is 4. The third-order valence-corrected chi connectivity index (χ3v) is 4.24. The van der Waals surface area contributed by atoms with Crippen LogP contribution in [0.15, 0.2) is 18.2 Å². The second-order valence-corrected chi connectivity index (χ2v) is 5.72. The number of piperidine rings is 1. The van der Waals surface area contributed by atoms with Gasteiger partial charge in [0.15, 0.2) is 0 Å². The largest absolute Gasteiger partial charge is 0.317 e. The van der Waals surface area contributed by atoms with E-state index in [1.165, 1.54) is 18.9 Å². The summed E-state index contributed by atoms with van der Waals surface area (Å²) in [6.07, 6.45) is 2.43. The smallest absolute Gasteiger partial charge is 0.141 e. The molecule has 19 heavy (non-hydrogen) atoms. The highest BCUT2D eigenvalue weighted by molar-refractivity contribution is 6.30. The third-order valence-electron chi connectivity index (χ3n) is 3.95. The normalized spacial score (nSPS) is 24.6. The molecule has 1 fully saturated rings. The Morgan fingerprint density at radius 1 is 1.47 bits per heavy atom. The topological polar surface area (TPSA) is 15.3 Å². The highest BCUT2D eigenvalue weighted by atomic mass is 35.5. The van der Waals surface area contributed by atoms with Gasteiger partial charge in [-0.1, -0.05) is 24.6 Å². The zero-order valence-electron chi connectivity index (χ0n) is 11.6. The van der Waals surface area contributed by atoms with E-state index in [1.807, 2.05) is 6.07 Å². The molecule has 2 atom stereocenters. The van der Waals surface area contributed by atoms with Crippen LogP contribution in [0.5, 0.6) is 0 Å². The molecule has 0 amide bonds. The summed E-state index contributed by atoms with van der Waals surface area (Å²) in [5, 5.41) is 3.65. The Morgan fingerprint density at radius 3 is 2.95 bits per heavy atom. The van der Waals surface area contributed by atoms with Gasteiger partial charge in [-0.05, 0) is 63.1 Å². The summed E-state index contributed by atoms with van der Waals surface area (Å²) < 4.78 is 13.3. The number of likely N-dealkylation sites (tertiary alicyclic amines) is 1. The van der Waals surface area contributed by atoms with Crippen molar-refractivity contribution in [2.24, 2.45) is 5.92 Å². The number of hydrogen-bond acceptors (Lipinski definition) is 2. The SMILES string of the molecule is CCNCC1CCCN(C)C1c1ccc(F)c(Cl)c1. The van der Waals surface area contributed by atoms with Gasteiger partial charge in [-0.25, -0.2) is 4.39 Å². The molecule has 1 aliphatic rings. The lowest BCUT2D eigenvalue weighted by Crippen LogP contribution is -2.40. The molecular formula is C15H22ClFN2. The van der Waals surface area contributed by atoms with Crippen molar-refractivity contribution in [2.45, 2.75) is 25.8 Å². The molecule has 0 bridgehead atoms.